The van der Waals surface area contributed by atoms with Crippen molar-refractivity contribution in [2.45, 2.75) is 18.8 Å². The molecule has 0 saturated carbocycles. The summed E-state index contributed by atoms with van der Waals surface area (Å²) in [6, 6.07) is 12.2. The molecule has 8 nitrogen and oxygen atoms in total. The van der Waals surface area contributed by atoms with Crippen molar-refractivity contribution in [2.75, 3.05) is 19.5 Å². The van der Waals surface area contributed by atoms with Crippen LogP contribution in [0.5, 0.6) is 11.5 Å². The Hall–Kier alpha value is -2.52. The van der Waals surface area contributed by atoms with Crippen LogP contribution in [-0.4, -0.2) is 32.3 Å². The summed E-state index contributed by atoms with van der Waals surface area (Å²) in [6.07, 6.45) is -0.360. The van der Waals surface area contributed by atoms with Gasteiger partial charge in [0.15, 0.2) is 0 Å². The van der Waals surface area contributed by atoms with Gasteiger partial charge in [-0.05, 0) is 30.3 Å². The van der Waals surface area contributed by atoms with Crippen molar-refractivity contribution in [3.8, 4) is 11.5 Å². The van der Waals surface area contributed by atoms with Gasteiger partial charge in [-0.1, -0.05) is 17.7 Å². The highest BCUT2D eigenvalue weighted by Crippen LogP contribution is 2.24. The molecule has 9 heteroatoms. The minimum atomic E-state index is -0.534. The maximum Gasteiger partial charge on any atom is 0.242 e. The number of anilines is 1. The Balaban J connectivity index is 1.61. The van der Waals surface area contributed by atoms with Gasteiger partial charge in [0.05, 0.1) is 14.2 Å². The Morgan fingerprint density at radius 3 is 2.74 bits per heavy atom. The van der Waals surface area contributed by atoms with Crippen molar-refractivity contribution in [1.82, 2.24) is 21.7 Å². The highest BCUT2D eigenvalue weighted by Gasteiger charge is 2.32. The van der Waals surface area contributed by atoms with Gasteiger partial charge in [0.25, 0.3) is 0 Å². The minimum absolute atomic E-state index is 0.176. The van der Waals surface area contributed by atoms with E-state index in [2.05, 4.69) is 27.0 Å². The van der Waals surface area contributed by atoms with Crippen molar-refractivity contribution < 1.29 is 14.3 Å². The van der Waals surface area contributed by atoms with Crippen molar-refractivity contribution >= 4 is 23.2 Å². The first-order valence-electron chi connectivity index (χ1n) is 8.37. The van der Waals surface area contributed by atoms with Gasteiger partial charge in [-0.15, -0.1) is 0 Å². The summed E-state index contributed by atoms with van der Waals surface area (Å²) >= 11 is 6.01. The molecule has 27 heavy (non-hydrogen) atoms. The van der Waals surface area contributed by atoms with Gasteiger partial charge in [-0.3, -0.25) is 4.79 Å². The van der Waals surface area contributed by atoms with Crippen LogP contribution in [0.2, 0.25) is 5.02 Å². The van der Waals surface area contributed by atoms with E-state index >= 15 is 0 Å². The number of rotatable bonds is 7. The minimum Gasteiger partial charge on any atom is -0.497 e. The number of hydrazine groups is 2. The van der Waals surface area contributed by atoms with E-state index in [0.717, 1.165) is 11.3 Å². The maximum absolute atomic E-state index is 12.6. The molecule has 1 saturated heterocycles. The molecule has 1 fully saturated rings. The van der Waals surface area contributed by atoms with Crippen molar-refractivity contribution in [3.63, 3.8) is 0 Å². The van der Waals surface area contributed by atoms with Crippen LogP contribution in [0.3, 0.4) is 0 Å². The fourth-order valence-corrected chi connectivity index (χ4v) is 2.94. The van der Waals surface area contributed by atoms with Crippen molar-refractivity contribution in [2.24, 2.45) is 0 Å². The summed E-state index contributed by atoms with van der Waals surface area (Å²) in [6.45, 7) is 0.327. The van der Waals surface area contributed by atoms with Gasteiger partial charge in [0.1, 0.15) is 23.7 Å². The average Bonchev–Trinajstić information content (AvgIpc) is 3.14. The normalized spacial score (nSPS) is 18.8. The van der Waals surface area contributed by atoms with Gasteiger partial charge in [0, 0.05) is 28.9 Å². The zero-order valence-electron chi connectivity index (χ0n) is 15.0. The number of methoxy groups -OCH3 is 2. The number of carbonyl (C=O) groups excluding carboxylic acids is 1. The number of halogens is 1. The SMILES string of the molecule is COc1ccc(CNC(=O)C2NNNC2Nc2cccc(Cl)c2)c(OC)c1. The Bertz CT molecular complexity index is 804. The summed E-state index contributed by atoms with van der Waals surface area (Å²) in [4.78, 5) is 12.6. The third-order valence-electron chi connectivity index (χ3n) is 4.17. The van der Waals surface area contributed by atoms with Crippen LogP contribution >= 0.6 is 11.6 Å². The Morgan fingerprint density at radius 2 is 2.00 bits per heavy atom. The third-order valence-corrected chi connectivity index (χ3v) is 4.40. The molecular weight excluding hydrogens is 370 g/mol. The molecule has 0 bridgehead atoms. The molecule has 2 aromatic rings. The number of hydrogen-bond donors (Lipinski definition) is 5. The fraction of sp³-hybridized carbons (Fsp3) is 0.278. The molecule has 0 aliphatic carbocycles. The molecule has 5 N–H and O–H groups in total. The van der Waals surface area contributed by atoms with E-state index in [9.17, 15) is 4.79 Å². The number of ether oxygens (including phenoxy) is 2. The molecule has 1 heterocycles. The van der Waals surface area contributed by atoms with Gasteiger partial charge in [-0.2, -0.15) is 5.53 Å². The number of carbonyl (C=O) groups is 1. The molecule has 1 amide bonds. The second-order valence-electron chi connectivity index (χ2n) is 5.92. The number of hydrogen-bond acceptors (Lipinski definition) is 7. The van der Waals surface area contributed by atoms with Crippen molar-refractivity contribution in [3.05, 3.63) is 53.1 Å². The van der Waals surface area contributed by atoms with Gasteiger partial charge < -0.3 is 20.1 Å². The van der Waals surface area contributed by atoms with Gasteiger partial charge in [-0.25, -0.2) is 10.9 Å². The Labute approximate surface area is 162 Å². The monoisotopic (exact) mass is 391 g/mol. The van der Waals surface area contributed by atoms with E-state index in [1.54, 1.807) is 32.4 Å². The summed E-state index contributed by atoms with van der Waals surface area (Å²) in [7, 11) is 3.17. The Kier molecular flexibility index (Phi) is 6.36. The van der Waals surface area contributed by atoms with Crippen LogP contribution in [0.15, 0.2) is 42.5 Å². The first-order valence-corrected chi connectivity index (χ1v) is 8.75. The number of benzene rings is 2. The lowest BCUT2D eigenvalue weighted by Crippen LogP contribution is -2.50. The lowest BCUT2D eigenvalue weighted by molar-refractivity contribution is -0.123. The summed E-state index contributed by atoms with van der Waals surface area (Å²) in [5, 5.41) is 6.75. The van der Waals surface area contributed by atoms with Crippen LogP contribution in [0.25, 0.3) is 0 Å². The quantitative estimate of drug-likeness (QED) is 0.487. The van der Waals surface area contributed by atoms with Crippen LogP contribution in [0.4, 0.5) is 5.69 Å². The molecule has 0 spiro atoms. The molecule has 1 aliphatic rings. The van der Waals surface area contributed by atoms with Crippen LogP contribution < -0.4 is 36.5 Å². The molecule has 2 aromatic carbocycles. The molecule has 0 aromatic heterocycles. The fourth-order valence-electron chi connectivity index (χ4n) is 2.75. The van der Waals surface area contributed by atoms with E-state index in [4.69, 9.17) is 21.1 Å². The predicted molar refractivity (Wildman–Crippen MR) is 103 cm³/mol. The van der Waals surface area contributed by atoms with Crippen molar-refractivity contribution in [1.29, 1.82) is 0 Å². The van der Waals surface area contributed by atoms with Gasteiger partial charge >= 0.3 is 0 Å². The maximum atomic E-state index is 12.6. The van der Waals surface area contributed by atoms with E-state index in [-0.39, 0.29) is 12.1 Å². The second-order valence-corrected chi connectivity index (χ2v) is 6.36. The molecule has 3 rings (SSSR count). The van der Waals surface area contributed by atoms with E-state index in [1.165, 1.54) is 0 Å². The highest BCUT2D eigenvalue weighted by molar-refractivity contribution is 6.30. The smallest absolute Gasteiger partial charge is 0.242 e. The molecule has 0 radical (unpaired) electrons. The zero-order chi connectivity index (χ0) is 19.2. The molecule has 2 atom stereocenters. The second kappa shape index (κ2) is 8.92. The molecule has 2 unspecified atom stereocenters. The van der Waals surface area contributed by atoms with E-state index in [1.807, 2.05) is 24.3 Å². The summed E-state index contributed by atoms with van der Waals surface area (Å²) in [5.41, 5.74) is 10.3. The predicted octanol–water partition coefficient (Wildman–Crippen LogP) is 1.39. The largest absolute Gasteiger partial charge is 0.497 e. The van der Waals surface area contributed by atoms with E-state index in [0.29, 0.717) is 23.1 Å². The Morgan fingerprint density at radius 1 is 1.15 bits per heavy atom. The third kappa shape index (κ3) is 4.81. The van der Waals surface area contributed by atoms with Crippen LogP contribution in [-0.2, 0) is 11.3 Å². The highest BCUT2D eigenvalue weighted by atomic mass is 35.5. The standard InChI is InChI=1S/C18H22ClN5O3/c1-26-14-7-6-11(15(9-14)27-2)10-20-18(25)16-17(23-24-22-16)21-13-5-3-4-12(19)8-13/h3-9,16-17,21-24H,10H2,1-2H3,(H,20,25). The van der Waals surface area contributed by atoms with E-state index < -0.39 is 6.04 Å². The van der Waals surface area contributed by atoms with Crippen LogP contribution in [0.1, 0.15) is 5.56 Å². The lowest BCUT2D eigenvalue weighted by Gasteiger charge is -2.20. The molecule has 144 valence electrons. The molecular formula is C18H22ClN5O3. The number of nitrogens with one attached hydrogen (secondary N) is 5. The number of amides is 1. The molecule has 1 aliphatic heterocycles. The topological polar surface area (TPSA) is 95.7 Å². The lowest BCUT2D eigenvalue weighted by atomic mass is 10.1. The average molecular weight is 392 g/mol. The first kappa shape index (κ1) is 19.2. The summed E-state index contributed by atoms with van der Waals surface area (Å²) in [5.74, 6) is 1.17. The summed E-state index contributed by atoms with van der Waals surface area (Å²) < 4.78 is 10.5. The zero-order valence-corrected chi connectivity index (χ0v) is 15.8. The van der Waals surface area contributed by atoms with Crippen LogP contribution in [0, 0.1) is 0 Å². The van der Waals surface area contributed by atoms with Gasteiger partial charge in [0.2, 0.25) is 5.91 Å². The first-order chi connectivity index (χ1) is 13.1.